The van der Waals surface area contributed by atoms with E-state index < -0.39 is 0 Å². The Balaban J connectivity index is 1.91. The van der Waals surface area contributed by atoms with Gasteiger partial charge < -0.3 is 9.94 Å². The number of fused-ring (bicyclic) bond motifs is 1. The molecule has 0 radical (unpaired) electrons. The smallest absolute Gasteiger partial charge is 0.386 e. The molecule has 0 aliphatic rings. The standard InChI is InChI=1S/C18H13N3O2S/c1-12-19-17(23-15-9-5-6-10-21(15)22)16-14(11-24-18(16)20-12)13-7-3-2-4-8-13/h2-11H,1H3. The highest BCUT2D eigenvalue weighted by atomic mass is 32.1. The van der Waals surface area contributed by atoms with Gasteiger partial charge in [0.15, 0.2) is 6.20 Å². The van der Waals surface area contributed by atoms with Crippen LogP contribution in [-0.2, 0) is 0 Å². The van der Waals surface area contributed by atoms with Crippen LogP contribution in [0.5, 0.6) is 11.8 Å². The zero-order valence-electron chi connectivity index (χ0n) is 12.8. The van der Waals surface area contributed by atoms with Crippen LogP contribution >= 0.6 is 11.3 Å². The van der Waals surface area contributed by atoms with Gasteiger partial charge in [0.2, 0.25) is 5.88 Å². The van der Waals surface area contributed by atoms with Gasteiger partial charge in [0.05, 0.1) is 11.5 Å². The highest BCUT2D eigenvalue weighted by Gasteiger charge is 2.18. The average molecular weight is 335 g/mol. The van der Waals surface area contributed by atoms with Gasteiger partial charge in [-0.3, -0.25) is 0 Å². The van der Waals surface area contributed by atoms with Gasteiger partial charge in [0, 0.05) is 17.0 Å². The Hall–Kier alpha value is -2.99. The van der Waals surface area contributed by atoms with Gasteiger partial charge in [-0.2, -0.15) is 4.98 Å². The maximum Gasteiger partial charge on any atom is 0.386 e. The molecule has 0 fully saturated rings. The minimum atomic E-state index is 0.183. The lowest BCUT2D eigenvalue weighted by atomic mass is 10.1. The van der Waals surface area contributed by atoms with E-state index in [4.69, 9.17) is 4.74 Å². The number of hydrogen-bond acceptors (Lipinski definition) is 5. The molecule has 0 saturated carbocycles. The molecule has 24 heavy (non-hydrogen) atoms. The van der Waals surface area contributed by atoms with E-state index in [9.17, 15) is 5.21 Å². The maximum absolute atomic E-state index is 11.9. The highest BCUT2D eigenvalue weighted by molar-refractivity contribution is 7.17. The third-order valence-corrected chi connectivity index (χ3v) is 4.46. The topological polar surface area (TPSA) is 62.0 Å². The van der Waals surface area contributed by atoms with E-state index in [1.54, 1.807) is 18.2 Å². The lowest BCUT2D eigenvalue weighted by Gasteiger charge is -2.08. The van der Waals surface area contributed by atoms with Crippen LogP contribution in [0.2, 0.25) is 0 Å². The predicted molar refractivity (Wildman–Crippen MR) is 93.1 cm³/mol. The second kappa shape index (κ2) is 5.90. The van der Waals surface area contributed by atoms with Crippen molar-refractivity contribution in [3.63, 3.8) is 0 Å². The third kappa shape index (κ3) is 2.57. The molecule has 0 aliphatic carbocycles. The van der Waals surface area contributed by atoms with Crippen molar-refractivity contribution in [2.75, 3.05) is 0 Å². The molecule has 4 aromatic rings. The fraction of sp³-hybridized carbons (Fsp3) is 0.0556. The quantitative estimate of drug-likeness (QED) is 0.418. The van der Waals surface area contributed by atoms with Crippen molar-refractivity contribution < 1.29 is 9.47 Å². The Labute approximate surface area is 142 Å². The van der Waals surface area contributed by atoms with E-state index in [1.807, 2.05) is 42.6 Å². The summed E-state index contributed by atoms with van der Waals surface area (Å²) in [7, 11) is 0. The number of hydrogen-bond donors (Lipinski definition) is 0. The van der Waals surface area contributed by atoms with Gasteiger partial charge in [0.1, 0.15) is 10.7 Å². The zero-order chi connectivity index (χ0) is 16.5. The predicted octanol–water partition coefficient (Wildman–Crippen LogP) is 4.09. The Morgan fingerprint density at radius 3 is 2.62 bits per heavy atom. The minimum Gasteiger partial charge on any atom is -0.616 e. The molecule has 0 spiro atoms. The van der Waals surface area contributed by atoms with Crippen LogP contribution in [-0.4, -0.2) is 9.97 Å². The average Bonchev–Trinajstić information content (AvgIpc) is 3.01. The number of rotatable bonds is 3. The Bertz CT molecular complexity index is 1020. The maximum atomic E-state index is 11.9. The summed E-state index contributed by atoms with van der Waals surface area (Å²) in [6.45, 7) is 1.81. The molecule has 0 amide bonds. The first kappa shape index (κ1) is 14.6. The summed E-state index contributed by atoms with van der Waals surface area (Å²) in [4.78, 5) is 9.74. The van der Waals surface area contributed by atoms with Gasteiger partial charge in [-0.1, -0.05) is 30.3 Å². The number of aryl methyl sites for hydroxylation is 1. The van der Waals surface area contributed by atoms with Gasteiger partial charge in [-0.15, -0.1) is 16.1 Å². The molecule has 1 aromatic carbocycles. The molecule has 3 heterocycles. The summed E-state index contributed by atoms with van der Waals surface area (Å²) < 4.78 is 6.51. The molecule has 118 valence electrons. The number of pyridine rings is 1. The lowest BCUT2D eigenvalue weighted by molar-refractivity contribution is -0.611. The molecule has 6 heteroatoms. The second-order valence-corrected chi connectivity index (χ2v) is 6.10. The molecule has 4 rings (SSSR count). The minimum absolute atomic E-state index is 0.183. The summed E-state index contributed by atoms with van der Waals surface area (Å²) in [6.07, 6.45) is 1.40. The molecular formula is C18H13N3O2S. The van der Waals surface area contributed by atoms with Crippen molar-refractivity contribution >= 4 is 21.6 Å². The van der Waals surface area contributed by atoms with Crippen LogP contribution < -0.4 is 9.47 Å². The molecule has 0 N–H and O–H groups in total. The molecule has 0 aliphatic heterocycles. The van der Waals surface area contributed by atoms with E-state index in [1.165, 1.54) is 17.5 Å². The summed E-state index contributed by atoms with van der Waals surface area (Å²) in [5, 5.41) is 14.7. The molecular weight excluding hydrogens is 322 g/mol. The van der Waals surface area contributed by atoms with E-state index in [0.29, 0.717) is 16.4 Å². The molecule has 0 bridgehead atoms. The monoisotopic (exact) mass is 335 g/mol. The van der Waals surface area contributed by atoms with Crippen LogP contribution in [0.1, 0.15) is 5.82 Å². The van der Waals surface area contributed by atoms with E-state index in [-0.39, 0.29) is 5.88 Å². The van der Waals surface area contributed by atoms with E-state index in [0.717, 1.165) is 21.3 Å². The first-order valence-electron chi connectivity index (χ1n) is 7.39. The molecule has 3 aromatic heterocycles. The SMILES string of the molecule is Cc1nc(Oc2cccc[n+]2[O-])c2c(-c3ccccc3)csc2n1. The van der Waals surface area contributed by atoms with Crippen LogP contribution in [0.3, 0.4) is 0 Å². The molecule has 5 nitrogen and oxygen atoms in total. The number of benzene rings is 1. The number of aromatic nitrogens is 3. The fourth-order valence-electron chi connectivity index (χ4n) is 2.51. The molecule has 0 unspecified atom stereocenters. The Kier molecular flexibility index (Phi) is 3.59. The normalized spacial score (nSPS) is 10.9. The van der Waals surface area contributed by atoms with Crippen LogP contribution in [0, 0.1) is 12.1 Å². The van der Waals surface area contributed by atoms with E-state index in [2.05, 4.69) is 9.97 Å². The molecule has 0 saturated heterocycles. The summed E-state index contributed by atoms with van der Waals surface area (Å²) in [6, 6.07) is 15.0. The zero-order valence-corrected chi connectivity index (χ0v) is 13.7. The van der Waals surface area contributed by atoms with Crippen molar-refractivity contribution in [2.45, 2.75) is 6.92 Å². The largest absolute Gasteiger partial charge is 0.616 e. The van der Waals surface area contributed by atoms with Gasteiger partial charge >= 0.3 is 5.88 Å². The number of nitrogens with zero attached hydrogens (tertiary/aromatic N) is 3. The third-order valence-electron chi connectivity index (χ3n) is 3.59. The highest BCUT2D eigenvalue weighted by Crippen LogP contribution is 2.38. The van der Waals surface area contributed by atoms with Gasteiger partial charge in [0.25, 0.3) is 0 Å². The second-order valence-electron chi connectivity index (χ2n) is 5.24. The number of ether oxygens (including phenoxy) is 1. The van der Waals surface area contributed by atoms with Gasteiger partial charge in [-0.05, 0) is 18.6 Å². The van der Waals surface area contributed by atoms with Crippen molar-refractivity contribution in [2.24, 2.45) is 0 Å². The van der Waals surface area contributed by atoms with Crippen LogP contribution in [0.15, 0.2) is 60.1 Å². The Morgan fingerprint density at radius 1 is 1.04 bits per heavy atom. The van der Waals surface area contributed by atoms with Gasteiger partial charge in [-0.25, -0.2) is 4.98 Å². The summed E-state index contributed by atoms with van der Waals surface area (Å²) in [5.74, 6) is 1.18. The first-order valence-corrected chi connectivity index (χ1v) is 8.27. The Morgan fingerprint density at radius 2 is 1.83 bits per heavy atom. The first-order chi connectivity index (χ1) is 11.7. The fourth-order valence-corrected chi connectivity index (χ4v) is 3.49. The van der Waals surface area contributed by atoms with Crippen molar-refractivity contribution in [1.82, 2.24) is 9.97 Å². The van der Waals surface area contributed by atoms with Crippen molar-refractivity contribution in [3.05, 3.63) is 71.1 Å². The molecule has 0 atom stereocenters. The lowest BCUT2D eigenvalue weighted by Crippen LogP contribution is -2.27. The van der Waals surface area contributed by atoms with Crippen molar-refractivity contribution in [3.8, 4) is 22.9 Å². The summed E-state index contributed by atoms with van der Waals surface area (Å²) in [5.41, 5.74) is 2.06. The van der Waals surface area contributed by atoms with Crippen molar-refractivity contribution in [1.29, 1.82) is 0 Å². The summed E-state index contributed by atoms with van der Waals surface area (Å²) >= 11 is 1.54. The van der Waals surface area contributed by atoms with E-state index >= 15 is 0 Å². The van der Waals surface area contributed by atoms with Crippen LogP contribution in [0.25, 0.3) is 21.3 Å². The number of thiophene rings is 1. The van der Waals surface area contributed by atoms with Crippen LogP contribution in [0.4, 0.5) is 0 Å².